The van der Waals surface area contributed by atoms with Crippen molar-refractivity contribution in [2.24, 2.45) is 5.73 Å². The molecule has 0 aliphatic carbocycles. The van der Waals surface area contributed by atoms with Crippen molar-refractivity contribution in [2.45, 2.75) is 44.3 Å². The Labute approximate surface area is 126 Å². The Kier molecular flexibility index (Phi) is 4.27. The lowest BCUT2D eigenvalue weighted by molar-refractivity contribution is -0.138. The summed E-state index contributed by atoms with van der Waals surface area (Å²) in [6, 6.07) is 10.4. The molecule has 2 saturated heterocycles. The van der Waals surface area contributed by atoms with Gasteiger partial charge in [-0.15, -0.1) is 0 Å². The van der Waals surface area contributed by atoms with Gasteiger partial charge in [0.15, 0.2) is 0 Å². The quantitative estimate of drug-likeness (QED) is 0.910. The highest BCUT2D eigenvalue weighted by atomic mass is 16.2. The van der Waals surface area contributed by atoms with Crippen LogP contribution in [0.5, 0.6) is 0 Å². The Bertz CT molecular complexity index is 490. The van der Waals surface area contributed by atoms with E-state index in [9.17, 15) is 4.79 Å². The first-order chi connectivity index (χ1) is 10.1. The average molecular weight is 287 g/mol. The number of piperazine rings is 1. The number of carbonyl (C=O) groups is 1. The number of fused-ring (bicyclic) bond motifs is 1. The van der Waals surface area contributed by atoms with E-state index in [1.165, 1.54) is 19.4 Å². The standard InChI is InChI=1S/C17H25N3O/c1-13-11-19-9-5-8-15(19)12-20(13)17(21)16(18)10-14-6-3-2-4-7-14/h2-4,6-7,13,15-16H,5,8-12,18H2,1H3/t13?,15?,16-/m0/s1. The van der Waals surface area contributed by atoms with E-state index < -0.39 is 6.04 Å². The molecule has 0 aromatic heterocycles. The highest BCUT2D eigenvalue weighted by Gasteiger charge is 2.37. The summed E-state index contributed by atoms with van der Waals surface area (Å²) >= 11 is 0. The van der Waals surface area contributed by atoms with Crippen LogP contribution in [0, 0.1) is 0 Å². The molecule has 2 unspecified atom stereocenters. The molecule has 2 N–H and O–H groups in total. The number of hydrogen-bond acceptors (Lipinski definition) is 3. The third-order valence-electron chi connectivity index (χ3n) is 4.84. The molecule has 3 atom stereocenters. The van der Waals surface area contributed by atoms with Crippen molar-refractivity contribution in [1.29, 1.82) is 0 Å². The number of nitrogens with zero attached hydrogens (tertiary/aromatic N) is 2. The second-order valence-corrected chi connectivity index (χ2v) is 6.43. The third kappa shape index (κ3) is 3.11. The molecular weight excluding hydrogens is 262 g/mol. The highest BCUT2D eigenvalue weighted by molar-refractivity contribution is 5.82. The van der Waals surface area contributed by atoms with Gasteiger partial charge in [-0.1, -0.05) is 30.3 Å². The molecule has 4 heteroatoms. The van der Waals surface area contributed by atoms with Crippen LogP contribution in [0.15, 0.2) is 30.3 Å². The molecule has 1 aromatic rings. The van der Waals surface area contributed by atoms with Gasteiger partial charge in [0.05, 0.1) is 6.04 Å². The number of rotatable bonds is 3. The third-order valence-corrected chi connectivity index (χ3v) is 4.84. The molecule has 21 heavy (non-hydrogen) atoms. The molecule has 2 heterocycles. The minimum atomic E-state index is -0.428. The summed E-state index contributed by atoms with van der Waals surface area (Å²) in [7, 11) is 0. The van der Waals surface area contributed by atoms with Crippen LogP contribution in [0.2, 0.25) is 0 Å². The maximum Gasteiger partial charge on any atom is 0.240 e. The van der Waals surface area contributed by atoms with Crippen molar-refractivity contribution >= 4 is 5.91 Å². The molecule has 0 radical (unpaired) electrons. The van der Waals surface area contributed by atoms with Gasteiger partial charge in [0.2, 0.25) is 5.91 Å². The van der Waals surface area contributed by atoms with Gasteiger partial charge in [-0.05, 0) is 38.3 Å². The minimum absolute atomic E-state index is 0.109. The molecule has 0 bridgehead atoms. The predicted octanol–water partition coefficient (Wildman–Crippen LogP) is 1.25. The van der Waals surface area contributed by atoms with E-state index in [1.807, 2.05) is 35.2 Å². The Morgan fingerprint density at radius 1 is 1.33 bits per heavy atom. The number of carbonyl (C=O) groups excluding carboxylic acids is 1. The Morgan fingerprint density at radius 2 is 2.10 bits per heavy atom. The van der Waals surface area contributed by atoms with E-state index in [1.54, 1.807) is 0 Å². The topological polar surface area (TPSA) is 49.6 Å². The van der Waals surface area contributed by atoms with Gasteiger partial charge in [0, 0.05) is 25.2 Å². The van der Waals surface area contributed by atoms with E-state index in [-0.39, 0.29) is 11.9 Å². The predicted molar refractivity (Wildman–Crippen MR) is 83.9 cm³/mol. The van der Waals surface area contributed by atoms with Crippen LogP contribution in [0.1, 0.15) is 25.3 Å². The van der Waals surface area contributed by atoms with E-state index in [0.717, 1.165) is 18.7 Å². The smallest absolute Gasteiger partial charge is 0.240 e. The van der Waals surface area contributed by atoms with E-state index in [4.69, 9.17) is 5.73 Å². The number of amides is 1. The Hall–Kier alpha value is -1.39. The van der Waals surface area contributed by atoms with Gasteiger partial charge >= 0.3 is 0 Å². The number of nitrogens with two attached hydrogens (primary N) is 1. The van der Waals surface area contributed by atoms with Crippen molar-refractivity contribution in [1.82, 2.24) is 9.80 Å². The molecular formula is C17H25N3O. The maximum atomic E-state index is 12.7. The van der Waals surface area contributed by atoms with Crippen LogP contribution in [0.4, 0.5) is 0 Å². The Balaban J connectivity index is 1.63. The van der Waals surface area contributed by atoms with Gasteiger partial charge in [0.1, 0.15) is 0 Å². The number of benzene rings is 1. The van der Waals surface area contributed by atoms with Crippen LogP contribution >= 0.6 is 0 Å². The lowest BCUT2D eigenvalue weighted by Crippen LogP contribution is -2.60. The summed E-state index contributed by atoms with van der Waals surface area (Å²) in [6.07, 6.45) is 3.09. The summed E-state index contributed by atoms with van der Waals surface area (Å²) in [4.78, 5) is 17.2. The molecule has 2 fully saturated rings. The first kappa shape index (κ1) is 14.5. The fourth-order valence-electron chi connectivity index (χ4n) is 3.66. The van der Waals surface area contributed by atoms with Crippen molar-refractivity contribution in [3.05, 3.63) is 35.9 Å². The molecule has 2 aliphatic heterocycles. The molecule has 0 saturated carbocycles. The molecule has 1 amide bonds. The largest absolute Gasteiger partial charge is 0.336 e. The maximum absolute atomic E-state index is 12.7. The second-order valence-electron chi connectivity index (χ2n) is 6.43. The van der Waals surface area contributed by atoms with Gasteiger partial charge < -0.3 is 10.6 Å². The van der Waals surface area contributed by atoms with Crippen molar-refractivity contribution in [3.8, 4) is 0 Å². The van der Waals surface area contributed by atoms with Gasteiger partial charge in [0.25, 0.3) is 0 Å². The lowest BCUT2D eigenvalue weighted by atomic mass is 10.0. The van der Waals surface area contributed by atoms with Crippen molar-refractivity contribution in [3.63, 3.8) is 0 Å². The second kappa shape index (κ2) is 6.16. The molecule has 0 spiro atoms. The van der Waals surface area contributed by atoms with Crippen LogP contribution < -0.4 is 5.73 Å². The summed E-state index contributed by atoms with van der Waals surface area (Å²) in [5, 5.41) is 0. The summed E-state index contributed by atoms with van der Waals surface area (Å²) in [5.74, 6) is 0.109. The fourth-order valence-corrected chi connectivity index (χ4v) is 3.66. The summed E-state index contributed by atoms with van der Waals surface area (Å²) in [6.45, 7) is 5.17. The zero-order valence-corrected chi connectivity index (χ0v) is 12.7. The lowest BCUT2D eigenvalue weighted by Gasteiger charge is -2.43. The normalized spacial score (nSPS) is 27.4. The molecule has 2 aliphatic rings. The molecule has 1 aromatic carbocycles. The van der Waals surface area contributed by atoms with Gasteiger partial charge in [-0.3, -0.25) is 9.69 Å². The van der Waals surface area contributed by atoms with E-state index >= 15 is 0 Å². The van der Waals surface area contributed by atoms with E-state index in [0.29, 0.717) is 12.5 Å². The molecule has 4 nitrogen and oxygen atoms in total. The SMILES string of the molecule is CC1CN2CCCC2CN1C(=O)[C@@H](N)Cc1ccccc1. The van der Waals surface area contributed by atoms with Crippen LogP contribution in [-0.4, -0.2) is 53.5 Å². The minimum Gasteiger partial charge on any atom is -0.336 e. The molecule has 114 valence electrons. The Morgan fingerprint density at radius 3 is 2.86 bits per heavy atom. The number of hydrogen-bond donors (Lipinski definition) is 1. The van der Waals surface area contributed by atoms with Crippen molar-refractivity contribution in [2.75, 3.05) is 19.6 Å². The first-order valence-corrected chi connectivity index (χ1v) is 7.99. The zero-order valence-electron chi connectivity index (χ0n) is 12.7. The molecule has 3 rings (SSSR count). The first-order valence-electron chi connectivity index (χ1n) is 7.99. The average Bonchev–Trinajstić information content (AvgIpc) is 2.93. The zero-order chi connectivity index (χ0) is 14.8. The van der Waals surface area contributed by atoms with Crippen LogP contribution in [-0.2, 0) is 11.2 Å². The monoisotopic (exact) mass is 287 g/mol. The van der Waals surface area contributed by atoms with Crippen LogP contribution in [0.3, 0.4) is 0 Å². The van der Waals surface area contributed by atoms with E-state index in [2.05, 4.69) is 11.8 Å². The van der Waals surface area contributed by atoms with Gasteiger partial charge in [-0.25, -0.2) is 0 Å². The highest BCUT2D eigenvalue weighted by Crippen LogP contribution is 2.25. The summed E-state index contributed by atoms with van der Waals surface area (Å²) < 4.78 is 0. The fraction of sp³-hybridized carbons (Fsp3) is 0.588. The summed E-state index contributed by atoms with van der Waals surface area (Å²) in [5.41, 5.74) is 7.30. The van der Waals surface area contributed by atoms with Gasteiger partial charge in [-0.2, -0.15) is 0 Å². The van der Waals surface area contributed by atoms with Crippen LogP contribution in [0.25, 0.3) is 0 Å². The van der Waals surface area contributed by atoms with Crippen molar-refractivity contribution < 1.29 is 4.79 Å².